The zero-order valence-corrected chi connectivity index (χ0v) is 13.4. The van der Waals surface area contributed by atoms with Crippen LogP contribution in [0.25, 0.3) is 0 Å². The summed E-state index contributed by atoms with van der Waals surface area (Å²) in [6.07, 6.45) is 1.15. The molecule has 0 amide bonds. The third-order valence-corrected chi connectivity index (χ3v) is 5.65. The predicted molar refractivity (Wildman–Crippen MR) is 74.3 cm³/mol. The molecule has 0 saturated heterocycles. The van der Waals surface area contributed by atoms with Gasteiger partial charge in [-0.15, -0.1) is 11.3 Å². The van der Waals surface area contributed by atoms with Crippen LogP contribution < -0.4 is 10.0 Å². The van der Waals surface area contributed by atoms with Crippen molar-refractivity contribution in [2.24, 2.45) is 0 Å². The smallest absolute Gasteiger partial charge is 0.208 e. The molecule has 1 heterocycles. The molecule has 0 aliphatic carbocycles. The van der Waals surface area contributed by atoms with Crippen molar-refractivity contribution < 1.29 is 8.42 Å². The van der Waals surface area contributed by atoms with Gasteiger partial charge in [-0.2, -0.15) is 0 Å². The molecule has 0 fully saturated rings. The predicted octanol–water partition coefficient (Wildman–Crippen LogP) is 1.91. The molecule has 0 saturated carbocycles. The first kappa shape index (κ1) is 14.6. The van der Waals surface area contributed by atoms with Gasteiger partial charge in [-0.25, -0.2) is 13.1 Å². The van der Waals surface area contributed by atoms with E-state index in [-0.39, 0.29) is 0 Å². The maximum absolute atomic E-state index is 10.8. The molecular formula is C8H12Br2N2O2S2. The fourth-order valence-electron chi connectivity index (χ4n) is 1.01. The number of nitrogens with one attached hydrogen (secondary N) is 2. The van der Waals surface area contributed by atoms with Gasteiger partial charge in [0.2, 0.25) is 10.0 Å². The maximum Gasteiger partial charge on any atom is 0.208 e. The highest BCUT2D eigenvalue weighted by Gasteiger charge is 2.03. The zero-order chi connectivity index (χ0) is 12.2. The van der Waals surface area contributed by atoms with Crippen molar-refractivity contribution in [3.63, 3.8) is 0 Å². The molecule has 16 heavy (non-hydrogen) atoms. The van der Waals surface area contributed by atoms with Crippen LogP contribution in [0, 0.1) is 0 Å². The molecule has 0 unspecified atom stereocenters. The lowest BCUT2D eigenvalue weighted by Crippen LogP contribution is -2.30. The van der Waals surface area contributed by atoms with Gasteiger partial charge in [0.1, 0.15) is 0 Å². The van der Waals surface area contributed by atoms with E-state index in [1.54, 1.807) is 11.3 Å². The highest BCUT2D eigenvalue weighted by atomic mass is 79.9. The highest BCUT2D eigenvalue weighted by Crippen LogP contribution is 2.32. The van der Waals surface area contributed by atoms with Crippen molar-refractivity contribution in [3.05, 3.63) is 19.2 Å². The first-order valence-corrected chi connectivity index (χ1v) is 8.77. The van der Waals surface area contributed by atoms with E-state index in [4.69, 9.17) is 0 Å². The summed E-state index contributed by atoms with van der Waals surface area (Å²) in [5.74, 6) is 0. The van der Waals surface area contributed by atoms with Crippen LogP contribution in [0.15, 0.2) is 14.3 Å². The van der Waals surface area contributed by atoms with Gasteiger partial charge in [0, 0.05) is 29.0 Å². The lowest BCUT2D eigenvalue weighted by Gasteiger charge is -2.03. The standard InChI is InChI=1S/C8H12Br2N2O2S2/c1-16(13,14)12-3-2-11-5-6-4-7(9)8(10)15-6/h4,11-12H,2-3,5H2,1H3. The lowest BCUT2D eigenvalue weighted by molar-refractivity contribution is 0.582. The minimum absolute atomic E-state index is 0.409. The Bertz CT molecular complexity index is 425. The molecule has 92 valence electrons. The second-order valence-electron chi connectivity index (χ2n) is 3.18. The third kappa shape index (κ3) is 5.74. The van der Waals surface area contributed by atoms with Crippen LogP contribution in [0.4, 0.5) is 0 Å². The number of hydrogen-bond donors (Lipinski definition) is 2. The van der Waals surface area contributed by atoms with Crippen molar-refractivity contribution in [3.8, 4) is 0 Å². The van der Waals surface area contributed by atoms with E-state index in [1.807, 2.05) is 6.07 Å². The Kier molecular flexibility index (Phi) is 5.89. The van der Waals surface area contributed by atoms with E-state index in [9.17, 15) is 8.42 Å². The maximum atomic E-state index is 10.8. The molecule has 0 radical (unpaired) electrons. The molecular weight excluding hydrogens is 380 g/mol. The summed E-state index contributed by atoms with van der Waals surface area (Å²) in [7, 11) is -3.07. The molecule has 2 N–H and O–H groups in total. The molecule has 0 bridgehead atoms. The summed E-state index contributed by atoms with van der Waals surface area (Å²) in [6, 6.07) is 2.03. The third-order valence-electron chi connectivity index (χ3n) is 1.66. The van der Waals surface area contributed by atoms with Gasteiger partial charge in [0.15, 0.2) is 0 Å². The Morgan fingerprint density at radius 1 is 1.38 bits per heavy atom. The first-order chi connectivity index (χ1) is 7.38. The van der Waals surface area contributed by atoms with Crippen LogP contribution in [-0.4, -0.2) is 27.8 Å². The number of thiophene rings is 1. The largest absolute Gasteiger partial charge is 0.311 e. The number of sulfonamides is 1. The van der Waals surface area contributed by atoms with E-state index < -0.39 is 10.0 Å². The summed E-state index contributed by atoms with van der Waals surface area (Å²) in [5, 5.41) is 3.16. The van der Waals surface area contributed by atoms with Crippen molar-refractivity contribution in [2.45, 2.75) is 6.54 Å². The van der Waals surface area contributed by atoms with Crippen LogP contribution >= 0.6 is 43.2 Å². The van der Waals surface area contributed by atoms with Crippen molar-refractivity contribution in [1.82, 2.24) is 10.0 Å². The van der Waals surface area contributed by atoms with Crippen molar-refractivity contribution in [1.29, 1.82) is 0 Å². The van der Waals surface area contributed by atoms with Gasteiger partial charge >= 0.3 is 0 Å². The van der Waals surface area contributed by atoms with Gasteiger partial charge < -0.3 is 5.32 Å². The van der Waals surface area contributed by atoms with Gasteiger partial charge in [-0.1, -0.05) is 0 Å². The fourth-order valence-corrected chi connectivity index (χ4v) is 3.63. The van der Waals surface area contributed by atoms with Gasteiger partial charge in [-0.05, 0) is 37.9 Å². The van der Waals surface area contributed by atoms with Crippen LogP contribution in [-0.2, 0) is 16.6 Å². The normalized spacial score (nSPS) is 11.9. The molecule has 0 aliphatic heterocycles. The van der Waals surface area contributed by atoms with Crippen LogP contribution in [0.1, 0.15) is 4.88 Å². The molecule has 1 aromatic rings. The van der Waals surface area contributed by atoms with Crippen molar-refractivity contribution >= 4 is 53.2 Å². The molecule has 4 nitrogen and oxygen atoms in total. The lowest BCUT2D eigenvalue weighted by atomic mass is 10.4. The number of halogens is 2. The van der Waals surface area contributed by atoms with E-state index in [0.29, 0.717) is 13.1 Å². The molecule has 0 spiro atoms. The molecule has 8 heteroatoms. The zero-order valence-electron chi connectivity index (χ0n) is 8.59. The summed E-state index contributed by atoms with van der Waals surface area (Å²) in [5.41, 5.74) is 0. The summed E-state index contributed by atoms with van der Waals surface area (Å²) in [6.45, 7) is 1.76. The molecule has 0 aliphatic rings. The topological polar surface area (TPSA) is 58.2 Å². The quantitative estimate of drug-likeness (QED) is 0.728. The number of rotatable bonds is 6. The monoisotopic (exact) mass is 390 g/mol. The average Bonchev–Trinajstić information content (AvgIpc) is 2.44. The SMILES string of the molecule is CS(=O)(=O)NCCNCc1cc(Br)c(Br)s1. The Balaban J connectivity index is 2.21. The van der Waals surface area contributed by atoms with Crippen LogP contribution in [0.3, 0.4) is 0 Å². The van der Waals surface area contributed by atoms with Gasteiger partial charge in [0.25, 0.3) is 0 Å². The Labute approximate surface area is 116 Å². The molecule has 1 aromatic heterocycles. The summed E-state index contributed by atoms with van der Waals surface area (Å²) in [4.78, 5) is 1.19. The van der Waals surface area contributed by atoms with E-state index in [1.165, 1.54) is 4.88 Å². The molecule has 1 rings (SSSR count). The number of hydrogen-bond acceptors (Lipinski definition) is 4. The average molecular weight is 392 g/mol. The minimum atomic E-state index is -3.07. The van der Waals surface area contributed by atoms with Crippen LogP contribution in [0.5, 0.6) is 0 Å². The Morgan fingerprint density at radius 3 is 2.56 bits per heavy atom. The van der Waals surface area contributed by atoms with Crippen molar-refractivity contribution in [2.75, 3.05) is 19.3 Å². The van der Waals surface area contributed by atoms with Crippen LogP contribution in [0.2, 0.25) is 0 Å². The van der Waals surface area contributed by atoms with Gasteiger partial charge in [0.05, 0.1) is 10.0 Å². The first-order valence-electron chi connectivity index (χ1n) is 4.47. The highest BCUT2D eigenvalue weighted by molar-refractivity contribution is 9.13. The fraction of sp³-hybridized carbons (Fsp3) is 0.500. The summed E-state index contributed by atoms with van der Waals surface area (Å²) < 4.78 is 26.1. The van der Waals surface area contributed by atoms with E-state index >= 15 is 0 Å². The Hall–Kier alpha value is 0.530. The van der Waals surface area contributed by atoms with E-state index in [0.717, 1.165) is 21.1 Å². The van der Waals surface area contributed by atoms with E-state index in [2.05, 4.69) is 41.9 Å². The second kappa shape index (κ2) is 6.46. The summed E-state index contributed by atoms with van der Waals surface area (Å²) >= 11 is 8.47. The van der Waals surface area contributed by atoms with Gasteiger partial charge in [-0.3, -0.25) is 0 Å². The Morgan fingerprint density at radius 2 is 2.06 bits per heavy atom. The minimum Gasteiger partial charge on any atom is -0.311 e. The second-order valence-corrected chi connectivity index (χ2v) is 8.32. The molecule has 0 aromatic carbocycles. The molecule has 0 atom stereocenters.